The van der Waals surface area contributed by atoms with Crippen molar-refractivity contribution in [2.24, 2.45) is 0 Å². The van der Waals surface area contributed by atoms with E-state index in [0.717, 1.165) is 17.4 Å². The van der Waals surface area contributed by atoms with Crippen LogP contribution in [0, 0.1) is 12.7 Å². The SMILES string of the molecule is Cc1cccc(C(C)C)c1N(CCC(=O)Nc1cccc(F)c1)S(C)(=O)=O. The number of hydrogen-bond acceptors (Lipinski definition) is 3. The Labute approximate surface area is 160 Å². The molecule has 0 saturated carbocycles. The second kappa shape index (κ2) is 8.52. The van der Waals surface area contributed by atoms with Crippen molar-refractivity contribution in [3.63, 3.8) is 0 Å². The van der Waals surface area contributed by atoms with Gasteiger partial charge in [0.15, 0.2) is 0 Å². The number of anilines is 2. The van der Waals surface area contributed by atoms with Crippen LogP contribution < -0.4 is 9.62 Å². The van der Waals surface area contributed by atoms with E-state index in [0.29, 0.717) is 11.4 Å². The van der Waals surface area contributed by atoms with E-state index in [2.05, 4.69) is 5.32 Å². The van der Waals surface area contributed by atoms with E-state index in [-0.39, 0.29) is 24.8 Å². The van der Waals surface area contributed by atoms with E-state index < -0.39 is 15.8 Å². The molecule has 0 aliphatic carbocycles. The number of amides is 1. The average Bonchev–Trinajstić information content (AvgIpc) is 2.54. The fourth-order valence-electron chi connectivity index (χ4n) is 2.92. The molecule has 2 aromatic rings. The van der Waals surface area contributed by atoms with Gasteiger partial charge in [-0.3, -0.25) is 9.10 Å². The minimum Gasteiger partial charge on any atom is -0.326 e. The van der Waals surface area contributed by atoms with Gasteiger partial charge in [-0.1, -0.05) is 38.1 Å². The van der Waals surface area contributed by atoms with E-state index in [9.17, 15) is 17.6 Å². The van der Waals surface area contributed by atoms with Crippen molar-refractivity contribution < 1.29 is 17.6 Å². The number of halogens is 1. The lowest BCUT2D eigenvalue weighted by atomic mass is 9.98. The van der Waals surface area contributed by atoms with Gasteiger partial charge in [-0.15, -0.1) is 0 Å². The maximum Gasteiger partial charge on any atom is 0.232 e. The molecule has 0 bridgehead atoms. The van der Waals surface area contributed by atoms with Crippen molar-refractivity contribution in [1.82, 2.24) is 0 Å². The van der Waals surface area contributed by atoms with Gasteiger partial charge in [0.2, 0.25) is 15.9 Å². The molecule has 7 heteroatoms. The summed E-state index contributed by atoms with van der Waals surface area (Å²) in [4.78, 5) is 12.2. The third-order valence-corrected chi connectivity index (χ3v) is 5.36. The lowest BCUT2D eigenvalue weighted by Gasteiger charge is -2.28. The number of nitrogens with zero attached hydrogens (tertiary/aromatic N) is 1. The number of carbonyl (C=O) groups is 1. The van der Waals surface area contributed by atoms with Gasteiger partial charge in [0.25, 0.3) is 0 Å². The van der Waals surface area contributed by atoms with Crippen LogP contribution in [0.15, 0.2) is 42.5 Å². The predicted molar refractivity (Wildman–Crippen MR) is 107 cm³/mol. The highest BCUT2D eigenvalue weighted by molar-refractivity contribution is 7.92. The molecule has 0 saturated heterocycles. The first-order valence-corrected chi connectivity index (χ1v) is 10.6. The first-order chi connectivity index (χ1) is 12.6. The Morgan fingerprint density at radius 2 is 1.85 bits per heavy atom. The molecule has 1 N–H and O–H groups in total. The van der Waals surface area contributed by atoms with E-state index in [1.807, 2.05) is 39.0 Å². The van der Waals surface area contributed by atoms with Crippen LogP contribution >= 0.6 is 0 Å². The molecule has 5 nitrogen and oxygen atoms in total. The summed E-state index contributed by atoms with van der Waals surface area (Å²) in [5, 5.41) is 2.59. The van der Waals surface area contributed by atoms with Crippen molar-refractivity contribution in [2.45, 2.75) is 33.1 Å². The molecule has 2 aromatic carbocycles. The summed E-state index contributed by atoms with van der Waals surface area (Å²) in [5.41, 5.74) is 2.70. The molecular weight excluding hydrogens is 367 g/mol. The Kier molecular flexibility index (Phi) is 6.59. The van der Waals surface area contributed by atoms with E-state index >= 15 is 0 Å². The number of rotatable bonds is 7. The summed E-state index contributed by atoms with van der Waals surface area (Å²) in [6, 6.07) is 11.2. The molecule has 0 aromatic heterocycles. The molecule has 0 fully saturated rings. The summed E-state index contributed by atoms with van der Waals surface area (Å²) < 4.78 is 39.4. The first kappa shape index (κ1) is 20.9. The van der Waals surface area contributed by atoms with Gasteiger partial charge in [0, 0.05) is 18.7 Å². The van der Waals surface area contributed by atoms with E-state index in [1.54, 1.807) is 6.07 Å². The van der Waals surface area contributed by atoms with E-state index in [4.69, 9.17) is 0 Å². The van der Waals surface area contributed by atoms with Crippen LogP contribution in [0.2, 0.25) is 0 Å². The molecule has 0 heterocycles. The third-order valence-electron chi connectivity index (χ3n) is 4.19. The monoisotopic (exact) mass is 392 g/mol. The molecule has 0 atom stereocenters. The highest BCUT2D eigenvalue weighted by atomic mass is 32.2. The lowest BCUT2D eigenvalue weighted by molar-refractivity contribution is -0.116. The molecule has 0 aliphatic rings. The zero-order valence-electron chi connectivity index (χ0n) is 16.0. The topological polar surface area (TPSA) is 66.5 Å². The smallest absolute Gasteiger partial charge is 0.232 e. The van der Waals surface area contributed by atoms with Crippen molar-refractivity contribution in [3.8, 4) is 0 Å². The zero-order valence-corrected chi connectivity index (χ0v) is 16.8. The van der Waals surface area contributed by atoms with Crippen LogP contribution in [-0.4, -0.2) is 27.1 Å². The number of carbonyl (C=O) groups excluding carboxylic acids is 1. The fourth-order valence-corrected chi connectivity index (χ4v) is 3.93. The molecule has 0 unspecified atom stereocenters. The fraction of sp³-hybridized carbons (Fsp3) is 0.350. The number of benzene rings is 2. The van der Waals surface area contributed by atoms with Crippen LogP contribution in [0.25, 0.3) is 0 Å². The summed E-state index contributed by atoms with van der Waals surface area (Å²) in [5.74, 6) is -0.703. The van der Waals surface area contributed by atoms with Gasteiger partial charge in [-0.2, -0.15) is 0 Å². The molecule has 2 rings (SSSR count). The first-order valence-electron chi connectivity index (χ1n) is 8.72. The van der Waals surface area contributed by atoms with Gasteiger partial charge in [-0.05, 0) is 42.2 Å². The maximum atomic E-state index is 13.2. The van der Waals surface area contributed by atoms with Crippen LogP contribution in [0.1, 0.15) is 37.3 Å². The molecule has 0 radical (unpaired) electrons. The van der Waals surface area contributed by atoms with Gasteiger partial charge >= 0.3 is 0 Å². The molecule has 1 amide bonds. The Morgan fingerprint density at radius 1 is 1.19 bits per heavy atom. The summed E-state index contributed by atoms with van der Waals surface area (Å²) in [6.45, 7) is 5.85. The quantitative estimate of drug-likeness (QED) is 0.773. The molecule has 146 valence electrons. The van der Waals surface area contributed by atoms with E-state index in [1.165, 1.54) is 22.5 Å². The summed E-state index contributed by atoms with van der Waals surface area (Å²) in [7, 11) is -3.58. The van der Waals surface area contributed by atoms with Crippen LogP contribution in [0.4, 0.5) is 15.8 Å². The third kappa shape index (κ3) is 5.53. The minimum atomic E-state index is -3.58. The predicted octanol–water partition coefficient (Wildman–Crippen LogP) is 4.05. The van der Waals surface area contributed by atoms with Crippen molar-refractivity contribution in [2.75, 3.05) is 22.4 Å². The van der Waals surface area contributed by atoms with Gasteiger partial charge < -0.3 is 5.32 Å². The Balaban J connectivity index is 2.23. The standard InChI is InChI=1S/C20H25FN2O3S/c1-14(2)18-10-5-7-15(3)20(18)23(27(4,25)26)12-11-19(24)22-17-9-6-8-16(21)13-17/h5-10,13-14H,11-12H2,1-4H3,(H,22,24). The van der Waals surface area contributed by atoms with Crippen LogP contribution in [0.3, 0.4) is 0 Å². The highest BCUT2D eigenvalue weighted by Gasteiger charge is 2.24. The second-order valence-corrected chi connectivity index (χ2v) is 8.72. The highest BCUT2D eigenvalue weighted by Crippen LogP contribution is 2.32. The zero-order chi connectivity index (χ0) is 20.2. The second-order valence-electron chi connectivity index (χ2n) is 6.81. The number of hydrogen-bond donors (Lipinski definition) is 1. The molecular formula is C20H25FN2O3S. The van der Waals surface area contributed by atoms with Gasteiger partial charge in [0.1, 0.15) is 5.82 Å². The number of nitrogens with one attached hydrogen (secondary N) is 1. The average molecular weight is 392 g/mol. The number of sulfonamides is 1. The van der Waals surface area contributed by atoms with Crippen molar-refractivity contribution >= 4 is 27.3 Å². The summed E-state index contributed by atoms with van der Waals surface area (Å²) in [6.07, 6.45) is 1.09. The summed E-state index contributed by atoms with van der Waals surface area (Å²) >= 11 is 0. The molecule has 0 spiro atoms. The lowest BCUT2D eigenvalue weighted by Crippen LogP contribution is -2.34. The maximum absolute atomic E-state index is 13.2. The Bertz CT molecular complexity index is 927. The minimum absolute atomic E-state index is 0.00452. The number of para-hydroxylation sites is 1. The molecule has 27 heavy (non-hydrogen) atoms. The largest absolute Gasteiger partial charge is 0.326 e. The van der Waals surface area contributed by atoms with Gasteiger partial charge in [-0.25, -0.2) is 12.8 Å². The van der Waals surface area contributed by atoms with Crippen molar-refractivity contribution in [1.29, 1.82) is 0 Å². The Hall–Kier alpha value is -2.41. The van der Waals surface area contributed by atoms with Gasteiger partial charge in [0.05, 0.1) is 11.9 Å². The number of aryl methyl sites for hydroxylation is 1. The van der Waals surface area contributed by atoms with Crippen LogP contribution in [-0.2, 0) is 14.8 Å². The van der Waals surface area contributed by atoms with Crippen LogP contribution in [0.5, 0.6) is 0 Å². The normalized spacial score (nSPS) is 11.5. The van der Waals surface area contributed by atoms with Crippen molar-refractivity contribution in [3.05, 3.63) is 59.4 Å². The molecule has 0 aliphatic heterocycles. The Morgan fingerprint density at radius 3 is 2.44 bits per heavy atom.